The summed E-state index contributed by atoms with van der Waals surface area (Å²) in [6.07, 6.45) is 0. The highest BCUT2D eigenvalue weighted by molar-refractivity contribution is 7.10. The van der Waals surface area contributed by atoms with Gasteiger partial charge in [-0.15, -0.1) is 11.3 Å². The van der Waals surface area contributed by atoms with Crippen LogP contribution in [0, 0.1) is 6.92 Å². The van der Waals surface area contributed by atoms with Crippen LogP contribution >= 0.6 is 11.3 Å². The standard InChI is InChI=1S/C9H15N3OS/c1-6-3-4-14-8(6)5-11-7(2)9(10)12-13/h3-4,7,11,13H,5H2,1-2H3,(H2,10,12). The molecule has 0 spiro atoms. The minimum absolute atomic E-state index is 0.110. The van der Waals surface area contributed by atoms with Crippen LogP contribution in [0.3, 0.4) is 0 Å². The van der Waals surface area contributed by atoms with Crippen LogP contribution in [-0.2, 0) is 6.54 Å². The first-order chi connectivity index (χ1) is 6.65. The van der Waals surface area contributed by atoms with Crippen molar-refractivity contribution in [2.45, 2.75) is 26.4 Å². The summed E-state index contributed by atoms with van der Waals surface area (Å²) >= 11 is 1.71. The fourth-order valence-corrected chi connectivity index (χ4v) is 1.88. The molecule has 0 radical (unpaired) electrons. The molecule has 0 aliphatic carbocycles. The molecule has 0 aromatic carbocycles. The lowest BCUT2D eigenvalue weighted by Crippen LogP contribution is -2.38. The zero-order chi connectivity index (χ0) is 10.6. The van der Waals surface area contributed by atoms with Crippen LogP contribution in [0.2, 0.25) is 0 Å². The van der Waals surface area contributed by atoms with Crippen LogP contribution in [0.5, 0.6) is 0 Å². The van der Waals surface area contributed by atoms with Gasteiger partial charge in [0.15, 0.2) is 5.84 Å². The number of hydrogen-bond acceptors (Lipinski definition) is 4. The SMILES string of the molecule is Cc1ccsc1CNC(C)C(N)=NO. The summed E-state index contributed by atoms with van der Waals surface area (Å²) in [5, 5.41) is 16.6. The lowest BCUT2D eigenvalue weighted by atomic mass is 10.2. The van der Waals surface area contributed by atoms with E-state index in [2.05, 4.69) is 28.8 Å². The van der Waals surface area contributed by atoms with Gasteiger partial charge in [-0.1, -0.05) is 5.16 Å². The zero-order valence-electron chi connectivity index (χ0n) is 8.32. The molecule has 1 aromatic rings. The molecule has 1 atom stereocenters. The molecule has 1 rings (SSSR count). The van der Waals surface area contributed by atoms with Gasteiger partial charge in [-0.25, -0.2) is 0 Å². The second kappa shape index (κ2) is 4.97. The van der Waals surface area contributed by atoms with Gasteiger partial charge in [-0.2, -0.15) is 0 Å². The Morgan fingerprint density at radius 3 is 3.00 bits per heavy atom. The number of amidine groups is 1. The summed E-state index contributed by atoms with van der Waals surface area (Å²) in [4.78, 5) is 1.28. The lowest BCUT2D eigenvalue weighted by molar-refractivity contribution is 0.315. The van der Waals surface area contributed by atoms with E-state index in [9.17, 15) is 0 Å². The predicted octanol–water partition coefficient (Wildman–Crippen LogP) is 1.28. The molecule has 1 unspecified atom stereocenters. The lowest BCUT2D eigenvalue weighted by Gasteiger charge is -2.11. The van der Waals surface area contributed by atoms with E-state index in [0.717, 1.165) is 6.54 Å². The second-order valence-corrected chi connectivity index (χ2v) is 4.15. The molecule has 5 heteroatoms. The van der Waals surface area contributed by atoms with Crippen molar-refractivity contribution in [3.8, 4) is 0 Å². The highest BCUT2D eigenvalue weighted by atomic mass is 32.1. The number of thiophene rings is 1. The number of oxime groups is 1. The van der Waals surface area contributed by atoms with Gasteiger partial charge in [0.1, 0.15) is 0 Å². The van der Waals surface area contributed by atoms with Crippen molar-refractivity contribution in [1.29, 1.82) is 0 Å². The van der Waals surface area contributed by atoms with Crippen molar-refractivity contribution >= 4 is 17.2 Å². The van der Waals surface area contributed by atoms with Crippen molar-refractivity contribution in [2.75, 3.05) is 0 Å². The number of nitrogens with two attached hydrogens (primary N) is 1. The Bertz CT molecular complexity index is 322. The van der Waals surface area contributed by atoms with E-state index in [1.54, 1.807) is 11.3 Å². The van der Waals surface area contributed by atoms with Gasteiger partial charge in [0.2, 0.25) is 0 Å². The number of rotatable bonds is 4. The maximum Gasteiger partial charge on any atom is 0.156 e. The van der Waals surface area contributed by atoms with E-state index in [0.29, 0.717) is 0 Å². The van der Waals surface area contributed by atoms with Crippen LogP contribution in [0.25, 0.3) is 0 Å². The maximum absolute atomic E-state index is 8.44. The molecule has 1 heterocycles. The predicted molar refractivity (Wildman–Crippen MR) is 58.8 cm³/mol. The summed E-state index contributed by atoms with van der Waals surface area (Å²) in [7, 11) is 0. The smallest absolute Gasteiger partial charge is 0.156 e. The Morgan fingerprint density at radius 1 is 1.79 bits per heavy atom. The van der Waals surface area contributed by atoms with Gasteiger partial charge < -0.3 is 16.3 Å². The van der Waals surface area contributed by atoms with Crippen molar-refractivity contribution in [2.24, 2.45) is 10.9 Å². The first kappa shape index (κ1) is 11.0. The summed E-state index contributed by atoms with van der Waals surface area (Å²) in [6, 6.07) is 1.97. The summed E-state index contributed by atoms with van der Waals surface area (Å²) in [5.74, 6) is 0.208. The van der Waals surface area contributed by atoms with E-state index in [1.165, 1.54) is 10.4 Å². The summed E-state index contributed by atoms with van der Waals surface area (Å²) in [6.45, 7) is 4.68. The third-order valence-electron chi connectivity index (χ3n) is 2.10. The maximum atomic E-state index is 8.44. The van der Waals surface area contributed by atoms with Crippen LogP contribution in [0.15, 0.2) is 16.6 Å². The van der Waals surface area contributed by atoms with Crippen molar-refractivity contribution in [3.63, 3.8) is 0 Å². The first-order valence-electron chi connectivity index (χ1n) is 4.39. The molecule has 0 aliphatic rings. The monoisotopic (exact) mass is 213 g/mol. The molecular weight excluding hydrogens is 198 g/mol. The largest absolute Gasteiger partial charge is 0.409 e. The molecule has 0 saturated heterocycles. The number of nitrogens with zero attached hydrogens (tertiary/aromatic N) is 1. The van der Waals surface area contributed by atoms with Gasteiger partial charge in [0.05, 0.1) is 6.04 Å². The molecular formula is C9H15N3OS. The van der Waals surface area contributed by atoms with Gasteiger partial charge in [0.25, 0.3) is 0 Å². The fraction of sp³-hybridized carbons (Fsp3) is 0.444. The Balaban J connectivity index is 2.45. The highest BCUT2D eigenvalue weighted by Crippen LogP contribution is 2.14. The Morgan fingerprint density at radius 2 is 2.50 bits per heavy atom. The van der Waals surface area contributed by atoms with Crippen LogP contribution in [0.1, 0.15) is 17.4 Å². The third-order valence-corrected chi connectivity index (χ3v) is 3.12. The highest BCUT2D eigenvalue weighted by Gasteiger charge is 2.07. The Hall–Kier alpha value is -1.07. The molecule has 1 aromatic heterocycles. The topological polar surface area (TPSA) is 70.6 Å². The third kappa shape index (κ3) is 2.71. The number of nitrogens with one attached hydrogen (secondary N) is 1. The van der Waals surface area contributed by atoms with Crippen molar-refractivity contribution < 1.29 is 5.21 Å². The van der Waals surface area contributed by atoms with E-state index in [-0.39, 0.29) is 11.9 Å². The van der Waals surface area contributed by atoms with E-state index in [1.807, 2.05) is 6.92 Å². The minimum Gasteiger partial charge on any atom is -0.409 e. The molecule has 0 aliphatic heterocycles. The number of hydrogen-bond donors (Lipinski definition) is 3. The molecule has 0 amide bonds. The van der Waals surface area contributed by atoms with E-state index < -0.39 is 0 Å². The molecule has 0 bridgehead atoms. The fourth-order valence-electron chi connectivity index (χ4n) is 1.02. The molecule has 4 nitrogen and oxygen atoms in total. The van der Waals surface area contributed by atoms with Crippen LogP contribution < -0.4 is 11.1 Å². The van der Waals surface area contributed by atoms with Gasteiger partial charge in [-0.3, -0.25) is 0 Å². The molecule has 0 fully saturated rings. The molecule has 78 valence electrons. The van der Waals surface area contributed by atoms with Crippen molar-refractivity contribution in [3.05, 3.63) is 21.9 Å². The Labute approximate surface area is 87.4 Å². The molecule has 14 heavy (non-hydrogen) atoms. The minimum atomic E-state index is -0.110. The van der Waals surface area contributed by atoms with Gasteiger partial charge in [0, 0.05) is 11.4 Å². The zero-order valence-corrected chi connectivity index (χ0v) is 9.14. The van der Waals surface area contributed by atoms with Gasteiger partial charge in [-0.05, 0) is 30.9 Å². The summed E-state index contributed by atoms with van der Waals surface area (Å²) < 4.78 is 0. The molecule has 4 N–H and O–H groups in total. The average molecular weight is 213 g/mol. The first-order valence-corrected chi connectivity index (χ1v) is 5.27. The molecule has 0 saturated carbocycles. The second-order valence-electron chi connectivity index (χ2n) is 3.15. The van der Waals surface area contributed by atoms with Crippen LogP contribution in [-0.4, -0.2) is 17.1 Å². The van der Waals surface area contributed by atoms with E-state index in [4.69, 9.17) is 10.9 Å². The van der Waals surface area contributed by atoms with Gasteiger partial charge >= 0.3 is 0 Å². The normalized spacial score (nSPS) is 14.3. The quantitative estimate of drug-likeness (QED) is 0.305. The average Bonchev–Trinajstić information content (AvgIpc) is 2.59. The van der Waals surface area contributed by atoms with Crippen molar-refractivity contribution in [1.82, 2.24) is 5.32 Å². The van der Waals surface area contributed by atoms with Crippen LogP contribution in [0.4, 0.5) is 0 Å². The Kier molecular flexibility index (Phi) is 3.91. The summed E-state index contributed by atoms with van der Waals surface area (Å²) in [5.41, 5.74) is 6.71. The number of aryl methyl sites for hydroxylation is 1. The van der Waals surface area contributed by atoms with E-state index >= 15 is 0 Å².